The second-order valence-corrected chi connectivity index (χ2v) is 4.00. The molecule has 94 valence electrons. The van der Waals surface area contributed by atoms with Crippen LogP contribution in [-0.2, 0) is 4.79 Å². The molecule has 2 N–H and O–H groups in total. The Morgan fingerprint density at radius 2 is 1.94 bits per heavy atom. The van der Waals surface area contributed by atoms with E-state index in [9.17, 15) is 9.59 Å². The van der Waals surface area contributed by atoms with Gasteiger partial charge in [0.25, 0.3) is 0 Å². The van der Waals surface area contributed by atoms with Crippen LogP contribution < -0.4 is 5.32 Å². The number of aliphatic carboxylic acids is 1. The second-order valence-electron chi connectivity index (χ2n) is 4.00. The zero-order valence-electron chi connectivity index (χ0n) is 10.5. The van der Waals surface area contributed by atoms with Crippen molar-refractivity contribution in [1.82, 2.24) is 10.2 Å². The number of urea groups is 1. The van der Waals surface area contributed by atoms with Crippen molar-refractivity contribution in [3.8, 4) is 0 Å². The third kappa shape index (κ3) is 4.51. The summed E-state index contributed by atoms with van der Waals surface area (Å²) in [6.07, 6.45) is 2.02. The zero-order chi connectivity index (χ0) is 12.7. The van der Waals surface area contributed by atoms with Crippen molar-refractivity contribution in [2.45, 2.75) is 52.1 Å². The van der Waals surface area contributed by atoms with Gasteiger partial charge in [0.05, 0.1) is 0 Å². The Balaban J connectivity index is 4.34. The van der Waals surface area contributed by atoms with E-state index in [0.29, 0.717) is 6.42 Å². The molecule has 0 heterocycles. The normalized spacial score (nSPS) is 14.0. The maximum atomic E-state index is 11.7. The summed E-state index contributed by atoms with van der Waals surface area (Å²) in [5, 5.41) is 11.4. The van der Waals surface area contributed by atoms with E-state index in [0.717, 1.165) is 12.8 Å². The monoisotopic (exact) mass is 230 g/mol. The fourth-order valence-electron chi connectivity index (χ4n) is 1.27. The zero-order valence-corrected chi connectivity index (χ0v) is 10.5. The Kier molecular flexibility index (Phi) is 6.53. The summed E-state index contributed by atoms with van der Waals surface area (Å²) in [7, 11) is 1.67. The fraction of sp³-hybridized carbons (Fsp3) is 0.818. The summed E-state index contributed by atoms with van der Waals surface area (Å²) in [4.78, 5) is 24.1. The van der Waals surface area contributed by atoms with Gasteiger partial charge in [0.2, 0.25) is 0 Å². The minimum atomic E-state index is -0.979. The predicted octanol–water partition coefficient (Wildman–Crippen LogP) is 1.68. The highest BCUT2D eigenvalue weighted by molar-refractivity contribution is 5.82. The van der Waals surface area contributed by atoms with Crippen LogP contribution in [0.25, 0.3) is 0 Å². The van der Waals surface area contributed by atoms with Gasteiger partial charge < -0.3 is 15.3 Å². The number of rotatable bonds is 6. The van der Waals surface area contributed by atoms with Crippen molar-refractivity contribution in [3.63, 3.8) is 0 Å². The van der Waals surface area contributed by atoms with E-state index in [2.05, 4.69) is 5.32 Å². The maximum absolute atomic E-state index is 11.7. The van der Waals surface area contributed by atoms with Crippen molar-refractivity contribution in [2.24, 2.45) is 0 Å². The summed E-state index contributed by atoms with van der Waals surface area (Å²) in [5.41, 5.74) is 0. The van der Waals surface area contributed by atoms with Crippen molar-refractivity contribution in [3.05, 3.63) is 0 Å². The predicted molar refractivity (Wildman–Crippen MR) is 62.4 cm³/mol. The lowest BCUT2D eigenvalue weighted by Gasteiger charge is -2.26. The van der Waals surface area contributed by atoms with Gasteiger partial charge in [0.15, 0.2) is 0 Å². The Bertz CT molecular complexity index is 243. The molecule has 5 nitrogen and oxygen atoms in total. The van der Waals surface area contributed by atoms with Gasteiger partial charge in [0.1, 0.15) is 6.04 Å². The fourth-order valence-corrected chi connectivity index (χ4v) is 1.27. The largest absolute Gasteiger partial charge is 0.480 e. The molecule has 0 rings (SSSR count). The lowest BCUT2D eigenvalue weighted by atomic mass is 10.2. The topological polar surface area (TPSA) is 69.6 Å². The number of nitrogens with one attached hydrogen (secondary N) is 1. The van der Waals surface area contributed by atoms with Crippen LogP contribution in [0.3, 0.4) is 0 Å². The average Bonchev–Trinajstić information content (AvgIpc) is 2.25. The Hall–Kier alpha value is -1.26. The quantitative estimate of drug-likeness (QED) is 0.729. The summed E-state index contributed by atoms with van der Waals surface area (Å²) < 4.78 is 0. The summed E-state index contributed by atoms with van der Waals surface area (Å²) >= 11 is 0. The van der Waals surface area contributed by atoms with Gasteiger partial charge in [-0.05, 0) is 19.8 Å². The van der Waals surface area contributed by atoms with E-state index < -0.39 is 12.0 Å². The van der Waals surface area contributed by atoms with Gasteiger partial charge >= 0.3 is 12.0 Å². The summed E-state index contributed by atoms with van der Waals surface area (Å²) in [6, 6.07) is -1.00. The van der Waals surface area contributed by atoms with E-state index in [-0.39, 0.29) is 12.1 Å². The van der Waals surface area contributed by atoms with Gasteiger partial charge in [-0.15, -0.1) is 0 Å². The first kappa shape index (κ1) is 14.7. The van der Waals surface area contributed by atoms with E-state index in [1.54, 1.807) is 7.05 Å². The highest BCUT2D eigenvalue weighted by Gasteiger charge is 2.22. The first-order valence-corrected chi connectivity index (χ1v) is 5.70. The molecule has 0 aliphatic carbocycles. The molecule has 0 bridgehead atoms. The summed E-state index contributed by atoms with van der Waals surface area (Å²) in [5.74, 6) is -0.979. The van der Waals surface area contributed by atoms with Gasteiger partial charge in [-0.3, -0.25) is 0 Å². The van der Waals surface area contributed by atoms with E-state index in [1.807, 2.05) is 20.8 Å². The number of carbonyl (C=O) groups is 2. The van der Waals surface area contributed by atoms with Gasteiger partial charge in [0, 0.05) is 13.1 Å². The highest BCUT2D eigenvalue weighted by Crippen LogP contribution is 2.03. The number of carboxylic acid groups (broad SMARTS) is 1. The minimum absolute atomic E-state index is 0.107. The Morgan fingerprint density at radius 1 is 1.38 bits per heavy atom. The molecule has 0 saturated carbocycles. The third-order valence-electron chi connectivity index (χ3n) is 2.75. The summed E-state index contributed by atoms with van der Waals surface area (Å²) in [6.45, 7) is 5.80. The minimum Gasteiger partial charge on any atom is -0.480 e. The van der Waals surface area contributed by atoms with Crippen LogP contribution in [0.4, 0.5) is 4.79 Å². The van der Waals surface area contributed by atoms with E-state index in [1.165, 1.54) is 4.90 Å². The molecule has 0 fully saturated rings. The molecule has 2 atom stereocenters. The molecule has 0 aromatic carbocycles. The van der Waals surface area contributed by atoms with Gasteiger partial charge in [-0.2, -0.15) is 0 Å². The molecule has 0 spiro atoms. The molecular weight excluding hydrogens is 208 g/mol. The van der Waals surface area contributed by atoms with Crippen LogP contribution >= 0.6 is 0 Å². The molecule has 0 saturated heterocycles. The SMILES string of the molecule is CCCC(NC(=O)N(C)C(C)CC)C(=O)O. The maximum Gasteiger partial charge on any atom is 0.326 e. The van der Waals surface area contributed by atoms with Crippen LogP contribution in [0.2, 0.25) is 0 Å². The molecule has 0 radical (unpaired) electrons. The molecule has 0 aromatic heterocycles. The van der Waals surface area contributed by atoms with Crippen LogP contribution in [0, 0.1) is 0 Å². The molecule has 2 amide bonds. The lowest BCUT2D eigenvalue weighted by Crippen LogP contribution is -2.49. The first-order valence-electron chi connectivity index (χ1n) is 5.70. The van der Waals surface area contributed by atoms with Crippen LogP contribution in [0.15, 0.2) is 0 Å². The molecule has 0 aromatic rings. The Labute approximate surface area is 96.8 Å². The Morgan fingerprint density at radius 3 is 2.31 bits per heavy atom. The smallest absolute Gasteiger partial charge is 0.326 e. The molecule has 16 heavy (non-hydrogen) atoms. The number of hydrogen-bond acceptors (Lipinski definition) is 2. The highest BCUT2D eigenvalue weighted by atomic mass is 16.4. The van der Waals surface area contributed by atoms with Gasteiger partial charge in [-0.25, -0.2) is 9.59 Å². The second kappa shape index (κ2) is 7.09. The number of nitrogens with zero attached hydrogens (tertiary/aromatic N) is 1. The number of hydrogen-bond donors (Lipinski definition) is 2. The van der Waals surface area contributed by atoms with Crippen molar-refractivity contribution in [1.29, 1.82) is 0 Å². The lowest BCUT2D eigenvalue weighted by molar-refractivity contribution is -0.139. The first-order chi connectivity index (χ1) is 7.43. The van der Waals surface area contributed by atoms with Crippen LogP contribution in [0.1, 0.15) is 40.0 Å². The van der Waals surface area contributed by atoms with E-state index >= 15 is 0 Å². The molecule has 5 heteroatoms. The standard InChI is InChI=1S/C11H22N2O3/c1-5-7-9(10(14)15)12-11(16)13(4)8(3)6-2/h8-9H,5-7H2,1-4H3,(H,12,16)(H,14,15). The molecule has 0 aliphatic rings. The van der Waals surface area contributed by atoms with Crippen molar-refractivity contribution in [2.75, 3.05) is 7.05 Å². The number of amides is 2. The van der Waals surface area contributed by atoms with Crippen LogP contribution in [-0.4, -0.2) is 41.1 Å². The molecular formula is C11H22N2O3. The average molecular weight is 230 g/mol. The molecule has 2 unspecified atom stereocenters. The van der Waals surface area contributed by atoms with Crippen molar-refractivity contribution >= 4 is 12.0 Å². The van der Waals surface area contributed by atoms with Crippen molar-refractivity contribution < 1.29 is 14.7 Å². The van der Waals surface area contributed by atoms with Crippen LogP contribution in [0.5, 0.6) is 0 Å². The van der Waals surface area contributed by atoms with Gasteiger partial charge in [-0.1, -0.05) is 20.3 Å². The van der Waals surface area contributed by atoms with E-state index in [4.69, 9.17) is 5.11 Å². The number of carboxylic acids is 1. The molecule has 0 aliphatic heterocycles. The number of carbonyl (C=O) groups excluding carboxylic acids is 1. The third-order valence-corrected chi connectivity index (χ3v) is 2.75.